The molecule has 1 aromatic heterocycles. The van der Waals surface area contributed by atoms with Crippen LogP contribution in [0.4, 0.5) is 0 Å². The van der Waals surface area contributed by atoms with Crippen molar-refractivity contribution in [2.24, 2.45) is 0 Å². The smallest absolute Gasteiger partial charge is 0.348 e. The molecule has 36 heavy (non-hydrogen) atoms. The van der Waals surface area contributed by atoms with Crippen LogP contribution >= 0.6 is 0 Å². The van der Waals surface area contributed by atoms with E-state index in [1.54, 1.807) is 6.07 Å². The van der Waals surface area contributed by atoms with Crippen LogP contribution in [0, 0.1) is 13.8 Å². The van der Waals surface area contributed by atoms with Gasteiger partial charge in [-0.05, 0) is 36.6 Å². The van der Waals surface area contributed by atoms with E-state index in [2.05, 4.69) is 9.97 Å². The Bertz CT molecular complexity index is 1250. The average molecular weight is 481 g/mol. The lowest BCUT2D eigenvalue weighted by Crippen LogP contribution is -2.51. The number of rotatable bonds is 10. The Balaban J connectivity index is 1.82. The van der Waals surface area contributed by atoms with Crippen LogP contribution in [0.3, 0.4) is 0 Å². The number of benzene rings is 3. The largest absolute Gasteiger partial charge is 0.478 e. The van der Waals surface area contributed by atoms with Gasteiger partial charge in [-0.2, -0.15) is 0 Å². The summed E-state index contributed by atoms with van der Waals surface area (Å²) in [5.41, 5.74) is 2.16. The van der Waals surface area contributed by atoms with Gasteiger partial charge in [0.1, 0.15) is 0 Å². The van der Waals surface area contributed by atoms with Crippen molar-refractivity contribution in [1.29, 1.82) is 0 Å². The number of carbonyl (C=O) groups is 1. The summed E-state index contributed by atoms with van der Waals surface area (Å²) in [6.45, 7) is 3.76. The van der Waals surface area contributed by atoms with E-state index in [0.717, 1.165) is 5.56 Å². The maximum absolute atomic E-state index is 12.8. The van der Waals surface area contributed by atoms with Crippen LogP contribution in [-0.4, -0.2) is 33.8 Å². The van der Waals surface area contributed by atoms with Crippen molar-refractivity contribution in [2.75, 3.05) is 6.61 Å². The molecule has 0 spiro atoms. The van der Waals surface area contributed by atoms with E-state index in [1.165, 1.54) is 0 Å². The molecular formula is C30H28N2O4. The van der Waals surface area contributed by atoms with E-state index in [4.69, 9.17) is 9.47 Å². The molecule has 1 unspecified atom stereocenters. The number of carboxylic acids is 1. The summed E-state index contributed by atoms with van der Waals surface area (Å²) in [5, 5.41) is 10.5. The Morgan fingerprint density at radius 3 is 1.86 bits per heavy atom. The van der Waals surface area contributed by atoms with Crippen molar-refractivity contribution in [3.63, 3.8) is 0 Å². The third kappa shape index (κ3) is 5.67. The van der Waals surface area contributed by atoms with Crippen molar-refractivity contribution >= 4 is 12.0 Å². The topological polar surface area (TPSA) is 81.5 Å². The molecule has 6 nitrogen and oxygen atoms in total. The van der Waals surface area contributed by atoms with E-state index < -0.39 is 17.7 Å². The van der Waals surface area contributed by atoms with Crippen molar-refractivity contribution in [1.82, 2.24) is 9.97 Å². The lowest BCUT2D eigenvalue weighted by molar-refractivity contribution is -0.162. The lowest BCUT2D eigenvalue weighted by Gasteiger charge is -2.38. The molecule has 0 saturated carbocycles. The van der Waals surface area contributed by atoms with Gasteiger partial charge >= 0.3 is 12.0 Å². The van der Waals surface area contributed by atoms with Gasteiger partial charge in [-0.25, -0.2) is 14.8 Å². The highest BCUT2D eigenvalue weighted by atomic mass is 16.6. The Hall–Kier alpha value is -4.29. The number of aryl methyl sites for hydroxylation is 2. The predicted octanol–water partition coefficient (Wildman–Crippen LogP) is 5.60. The predicted molar refractivity (Wildman–Crippen MR) is 139 cm³/mol. The highest BCUT2D eigenvalue weighted by Crippen LogP contribution is 2.39. The first-order chi connectivity index (χ1) is 17.5. The van der Waals surface area contributed by atoms with E-state index in [0.29, 0.717) is 22.5 Å². The van der Waals surface area contributed by atoms with Gasteiger partial charge in [0.05, 0.1) is 6.61 Å². The summed E-state index contributed by atoms with van der Waals surface area (Å²) in [4.78, 5) is 21.5. The number of hydrogen-bond acceptors (Lipinski definition) is 5. The summed E-state index contributed by atoms with van der Waals surface area (Å²) in [6, 6.07) is 30.1. The van der Waals surface area contributed by atoms with Crippen molar-refractivity contribution < 1.29 is 19.4 Å². The molecular weight excluding hydrogens is 452 g/mol. The maximum Gasteiger partial charge on any atom is 0.348 e. The number of aromatic nitrogens is 2. The van der Waals surface area contributed by atoms with Crippen LogP contribution in [0.15, 0.2) is 103 Å². The Labute approximate surface area is 210 Å². The molecule has 3 aromatic carbocycles. The quantitative estimate of drug-likeness (QED) is 0.318. The molecule has 0 bridgehead atoms. The minimum absolute atomic E-state index is 0.0143. The van der Waals surface area contributed by atoms with Crippen LogP contribution in [0.5, 0.6) is 6.01 Å². The molecule has 0 aliphatic heterocycles. The van der Waals surface area contributed by atoms with E-state index in [9.17, 15) is 9.90 Å². The van der Waals surface area contributed by atoms with Crippen LogP contribution in [0.25, 0.3) is 6.08 Å². The second kappa shape index (κ2) is 11.4. The van der Waals surface area contributed by atoms with Gasteiger partial charge in [-0.3, -0.25) is 0 Å². The third-order valence-corrected chi connectivity index (χ3v) is 5.70. The van der Waals surface area contributed by atoms with Crippen LogP contribution in [0.2, 0.25) is 0 Å². The van der Waals surface area contributed by atoms with Crippen LogP contribution in [0.1, 0.15) is 28.1 Å². The standard InChI is InChI=1S/C30H28N2O4/c1-22-21-23(2)32-29(31-22)36-27(28(33)34)30(25-16-8-4-9-17-25,26-18-10-5-11-19-26)35-20-12-15-24-13-6-3-7-14-24/h3-19,21,27H,20H2,1-2H3,(H,33,34). The molecule has 1 atom stereocenters. The maximum atomic E-state index is 12.8. The lowest BCUT2D eigenvalue weighted by atomic mass is 9.81. The molecule has 0 aliphatic carbocycles. The Morgan fingerprint density at radius 1 is 0.861 bits per heavy atom. The molecule has 4 aromatic rings. The van der Waals surface area contributed by atoms with Crippen molar-refractivity contribution in [3.8, 4) is 6.01 Å². The van der Waals surface area contributed by atoms with E-state index in [1.807, 2.05) is 117 Å². The van der Waals surface area contributed by atoms with Crippen molar-refractivity contribution in [2.45, 2.75) is 25.6 Å². The number of hydrogen-bond donors (Lipinski definition) is 1. The second-order valence-corrected chi connectivity index (χ2v) is 8.36. The Morgan fingerprint density at radius 2 is 1.36 bits per heavy atom. The molecule has 6 heteroatoms. The van der Waals surface area contributed by atoms with Gasteiger partial charge in [-0.1, -0.05) is 103 Å². The highest BCUT2D eigenvalue weighted by molar-refractivity contribution is 5.76. The fraction of sp³-hybridized carbons (Fsp3) is 0.167. The van der Waals surface area contributed by atoms with Crippen molar-refractivity contribution in [3.05, 3.63) is 131 Å². The average Bonchev–Trinajstić information content (AvgIpc) is 2.89. The van der Waals surface area contributed by atoms with Crippen LogP contribution in [-0.2, 0) is 15.1 Å². The summed E-state index contributed by atoms with van der Waals surface area (Å²) < 4.78 is 12.6. The summed E-state index contributed by atoms with van der Waals surface area (Å²) >= 11 is 0. The monoisotopic (exact) mass is 480 g/mol. The van der Waals surface area contributed by atoms with Gasteiger partial charge < -0.3 is 14.6 Å². The number of aliphatic carboxylic acids is 1. The highest BCUT2D eigenvalue weighted by Gasteiger charge is 2.50. The minimum atomic E-state index is -1.49. The van der Waals surface area contributed by atoms with Gasteiger partial charge in [0, 0.05) is 11.4 Å². The summed E-state index contributed by atoms with van der Waals surface area (Å²) in [7, 11) is 0. The zero-order valence-corrected chi connectivity index (χ0v) is 20.2. The van der Waals surface area contributed by atoms with Gasteiger partial charge in [0.15, 0.2) is 5.60 Å². The molecule has 0 saturated heterocycles. The Kier molecular flexibility index (Phi) is 7.88. The minimum Gasteiger partial charge on any atom is -0.478 e. The zero-order valence-electron chi connectivity index (χ0n) is 20.2. The first kappa shape index (κ1) is 24.8. The first-order valence-electron chi connectivity index (χ1n) is 11.7. The molecule has 1 heterocycles. The SMILES string of the molecule is Cc1cc(C)nc(OC(C(=O)O)C(OCC=Cc2ccccc2)(c2ccccc2)c2ccccc2)n1. The first-order valence-corrected chi connectivity index (χ1v) is 11.7. The normalized spacial score (nSPS) is 12.4. The fourth-order valence-corrected chi connectivity index (χ4v) is 4.17. The number of carboxylic acid groups (broad SMARTS) is 1. The molecule has 1 N–H and O–H groups in total. The number of ether oxygens (including phenoxy) is 2. The zero-order chi connectivity index (χ0) is 25.4. The van der Waals surface area contributed by atoms with E-state index >= 15 is 0 Å². The third-order valence-electron chi connectivity index (χ3n) is 5.70. The second-order valence-electron chi connectivity index (χ2n) is 8.36. The van der Waals surface area contributed by atoms with E-state index in [-0.39, 0.29) is 12.6 Å². The van der Waals surface area contributed by atoms with Gasteiger partial charge in [0.25, 0.3) is 0 Å². The number of nitrogens with zero attached hydrogens (tertiary/aromatic N) is 2. The molecule has 0 aliphatic rings. The van der Waals surface area contributed by atoms with Gasteiger partial charge in [-0.15, -0.1) is 0 Å². The molecule has 4 rings (SSSR count). The molecule has 0 fully saturated rings. The molecule has 182 valence electrons. The van der Waals surface area contributed by atoms with Crippen LogP contribution < -0.4 is 4.74 Å². The fourth-order valence-electron chi connectivity index (χ4n) is 4.17. The van der Waals surface area contributed by atoms with Gasteiger partial charge in [0.2, 0.25) is 6.10 Å². The summed E-state index contributed by atoms with van der Waals surface area (Å²) in [6.07, 6.45) is 2.32. The molecule has 0 amide bonds. The molecule has 0 radical (unpaired) electrons. The summed E-state index contributed by atoms with van der Waals surface area (Å²) in [5.74, 6) is -1.20.